The summed E-state index contributed by atoms with van der Waals surface area (Å²) in [5, 5.41) is 0.511. The second-order valence-corrected chi connectivity index (χ2v) is 12.0. The molecule has 6 nitrogen and oxygen atoms in total. The molecule has 0 aromatic heterocycles. The molecular weight excluding hydrogens is 536 g/mol. The minimum Gasteiger partial charge on any atom is -0.495 e. The molecule has 3 aromatic rings. The van der Waals surface area contributed by atoms with Gasteiger partial charge in [0.2, 0.25) is 0 Å². The quantitative estimate of drug-likeness (QED) is 0.292. The van der Waals surface area contributed by atoms with Gasteiger partial charge in [-0.1, -0.05) is 72.3 Å². The van der Waals surface area contributed by atoms with Crippen LogP contribution in [-0.4, -0.2) is 53.6 Å². The van der Waals surface area contributed by atoms with Gasteiger partial charge >= 0.3 is 6.09 Å². The van der Waals surface area contributed by atoms with E-state index in [0.29, 0.717) is 35.9 Å². The highest BCUT2D eigenvalue weighted by molar-refractivity contribution is 6.32. The van der Waals surface area contributed by atoms with Crippen LogP contribution >= 0.6 is 11.6 Å². The van der Waals surface area contributed by atoms with Gasteiger partial charge in [-0.15, -0.1) is 0 Å². The van der Waals surface area contributed by atoms with Crippen LogP contribution in [0.3, 0.4) is 0 Å². The number of carbonyl (C=O) groups is 2. The average molecular weight is 573 g/mol. The van der Waals surface area contributed by atoms with E-state index >= 15 is 0 Å². The molecule has 41 heavy (non-hydrogen) atoms. The van der Waals surface area contributed by atoms with Crippen LogP contribution in [0, 0.1) is 0 Å². The predicted molar refractivity (Wildman–Crippen MR) is 163 cm³/mol. The first kappa shape index (κ1) is 28.7. The highest BCUT2D eigenvalue weighted by Gasteiger charge is 2.38. The molecule has 1 fully saturated rings. The van der Waals surface area contributed by atoms with Gasteiger partial charge < -0.3 is 19.3 Å². The second-order valence-electron chi connectivity index (χ2n) is 11.7. The smallest absolute Gasteiger partial charge is 0.410 e. The lowest BCUT2D eigenvalue weighted by Crippen LogP contribution is -2.44. The van der Waals surface area contributed by atoms with Crippen molar-refractivity contribution in [3.8, 4) is 16.9 Å². The molecule has 5 rings (SSSR count). The number of rotatable bonds is 7. The molecule has 0 bridgehead atoms. The Morgan fingerprint density at radius 2 is 1.63 bits per heavy atom. The number of methoxy groups -OCH3 is 1. The molecule has 1 saturated carbocycles. The second kappa shape index (κ2) is 12.0. The summed E-state index contributed by atoms with van der Waals surface area (Å²) in [7, 11) is 1.59. The molecule has 0 atom stereocenters. The summed E-state index contributed by atoms with van der Waals surface area (Å²) in [6.07, 6.45) is 2.02. The van der Waals surface area contributed by atoms with Crippen LogP contribution in [0.1, 0.15) is 51.2 Å². The van der Waals surface area contributed by atoms with Crippen molar-refractivity contribution in [3.05, 3.63) is 94.5 Å². The lowest BCUT2D eigenvalue weighted by atomic mass is 9.90. The fourth-order valence-corrected chi connectivity index (χ4v) is 5.49. The Morgan fingerprint density at radius 1 is 0.951 bits per heavy atom. The van der Waals surface area contributed by atoms with E-state index in [1.54, 1.807) is 12.0 Å². The summed E-state index contributed by atoms with van der Waals surface area (Å²) in [5.74, 6) is 0.513. The van der Waals surface area contributed by atoms with Crippen molar-refractivity contribution in [3.63, 3.8) is 0 Å². The minimum absolute atomic E-state index is 0.0697. The summed E-state index contributed by atoms with van der Waals surface area (Å²) in [4.78, 5) is 31.1. The summed E-state index contributed by atoms with van der Waals surface area (Å²) < 4.78 is 11.1. The first-order chi connectivity index (χ1) is 19.6. The maximum atomic E-state index is 14.5. The van der Waals surface area contributed by atoms with Crippen molar-refractivity contribution in [1.29, 1.82) is 0 Å². The van der Waals surface area contributed by atoms with Gasteiger partial charge in [-0.05, 0) is 80.0 Å². The molecule has 1 heterocycles. The van der Waals surface area contributed by atoms with Crippen LogP contribution in [0.5, 0.6) is 5.75 Å². The molecule has 0 radical (unpaired) electrons. The van der Waals surface area contributed by atoms with Gasteiger partial charge in [0, 0.05) is 24.7 Å². The number of halogens is 1. The van der Waals surface area contributed by atoms with E-state index in [1.807, 2.05) is 68.1 Å². The largest absolute Gasteiger partial charge is 0.495 e. The van der Waals surface area contributed by atoms with Crippen LogP contribution < -0.4 is 4.74 Å². The van der Waals surface area contributed by atoms with Crippen molar-refractivity contribution in [2.75, 3.05) is 20.2 Å². The molecule has 2 amide bonds. The van der Waals surface area contributed by atoms with Crippen molar-refractivity contribution in [2.45, 2.75) is 58.2 Å². The standard InChI is InChI=1S/C34H37ClN2O4/c1-34(2,3)41-33(39)36-19-18-28(25-13-8-12-24(20-25)23-10-6-5-7-11-23)29(22-36)32(38)37(27-16-17-27)21-26-14-9-15-30(40-4)31(26)35/h5-15,20,27H,16-19,21-22H2,1-4H3. The Morgan fingerprint density at radius 3 is 2.32 bits per heavy atom. The van der Waals surface area contributed by atoms with Gasteiger partial charge in [0.1, 0.15) is 11.4 Å². The van der Waals surface area contributed by atoms with Gasteiger partial charge in [0.25, 0.3) is 5.91 Å². The summed E-state index contributed by atoms with van der Waals surface area (Å²) in [6.45, 7) is 6.58. The van der Waals surface area contributed by atoms with Crippen LogP contribution in [0.25, 0.3) is 16.7 Å². The van der Waals surface area contributed by atoms with Gasteiger partial charge in [-0.2, -0.15) is 0 Å². The zero-order valence-electron chi connectivity index (χ0n) is 24.2. The number of amides is 2. The number of benzene rings is 3. The zero-order valence-corrected chi connectivity index (χ0v) is 24.9. The van der Waals surface area contributed by atoms with E-state index in [2.05, 4.69) is 30.3 Å². The number of ether oxygens (including phenoxy) is 2. The first-order valence-electron chi connectivity index (χ1n) is 14.1. The van der Waals surface area contributed by atoms with E-state index in [9.17, 15) is 9.59 Å². The number of nitrogens with zero attached hydrogens (tertiary/aromatic N) is 2. The Bertz CT molecular complexity index is 1460. The Labute approximate surface area is 247 Å². The van der Waals surface area contributed by atoms with Crippen LogP contribution in [0.4, 0.5) is 4.79 Å². The van der Waals surface area contributed by atoms with E-state index in [4.69, 9.17) is 21.1 Å². The van der Waals surface area contributed by atoms with E-state index in [1.165, 1.54) is 0 Å². The van der Waals surface area contributed by atoms with E-state index in [-0.39, 0.29) is 18.5 Å². The van der Waals surface area contributed by atoms with Crippen LogP contribution in [-0.2, 0) is 16.1 Å². The molecule has 1 aliphatic heterocycles. The molecule has 1 aliphatic carbocycles. The van der Waals surface area contributed by atoms with Crippen molar-refractivity contribution in [2.24, 2.45) is 0 Å². The third-order valence-electron chi connectivity index (χ3n) is 7.43. The molecule has 2 aliphatic rings. The van der Waals surface area contributed by atoms with E-state index in [0.717, 1.165) is 40.7 Å². The molecule has 0 unspecified atom stereocenters. The number of hydrogen-bond donors (Lipinski definition) is 0. The van der Waals surface area contributed by atoms with Gasteiger partial charge in [0.15, 0.2) is 0 Å². The fourth-order valence-electron chi connectivity index (χ4n) is 5.22. The SMILES string of the molecule is COc1cccc(CN(C(=O)C2=C(c3cccc(-c4ccccc4)c3)CCN(C(=O)OC(C)(C)C)C2)C2CC2)c1Cl. The van der Waals surface area contributed by atoms with E-state index < -0.39 is 11.7 Å². The normalized spacial score (nSPS) is 15.5. The zero-order chi connectivity index (χ0) is 29.1. The topological polar surface area (TPSA) is 59.1 Å². The third-order valence-corrected chi connectivity index (χ3v) is 7.85. The Kier molecular flexibility index (Phi) is 8.41. The van der Waals surface area contributed by atoms with Gasteiger partial charge in [-0.25, -0.2) is 4.79 Å². The minimum atomic E-state index is -0.627. The lowest BCUT2D eigenvalue weighted by Gasteiger charge is -2.34. The first-order valence-corrected chi connectivity index (χ1v) is 14.5. The maximum Gasteiger partial charge on any atom is 0.410 e. The van der Waals surface area contributed by atoms with Crippen molar-refractivity contribution >= 4 is 29.2 Å². The summed E-state index contributed by atoms with van der Waals surface area (Å²) >= 11 is 6.65. The summed E-state index contributed by atoms with van der Waals surface area (Å²) in [6, 6.07) is 24.3. The third kappa shape index (κ3) is 6.76. The lowest BCUT2D eigenvalue weighted by molar-refractivity contribution is -0.128. The van der Waals surface area contributed by atoms with Crippen LogP contribution in [0.2, 0.25) is 5.02 Å². The molecule has 3 aromatic carbocycles. The highest BCUT2D eigenvalue weighted by Crippen LogP contribution is 2.37. The van der Waals surface area contributed by atoms with Crippen LogP contribution in [0.15, 0.2) is 78.4 Å². The molecular formula is C34H37ClN2O4. The molecule has 0 N–H and O–H groups in total. The van der Waals surface area contributed by atoms with Gasteiger partial charge in [-0.3, -0.25) is 4.79 Å². The predicted octanol–water partition coefficient (Wildman–Crippen LogP) is 7.60. The molecule has 7 heteroatoms. The monoisotopic (exact) mass is 572 g/mol. The highest BCUT2D eigenvalue weighted by atomic mass is 35.5. The average Bonchev–Trinajstić information content (AvgIpc) is 3.81. The van der Waals surface area contributed by atoms with Crippen molar-refractivity contribution in [1.82, 2.24) is 9.80 Å². The number of carbonyl (C=O) groups excluding carboxylic acids is 2. The number of hydrogen-bond acceptors (Lipinski definition) is 4. The molecule has 0 saturated heterocycles. The molecule has 214 valence electrons. The fraction of sp³-hybridized carbons (Fsp3) is 0.353. The van der Waals surface area contributed by atoms with Gasteiger partial charge in [0.05, 0.1) is 18.7 Å². The summed E-state index contributed by atoms with van der Waals surface area (Å²) in [5.41, 5.74) is 4.99. The maximum absolute atomic E-state index is 14.5. The molecule has 0 spiro atoms. The Balaban J connectivity index is 1.54. The Hall–Kier alpha value is -3.77. The van der Waals surface area contributed by atoms with Crippen molar-refractivity contribution < 1.29 is 19.1 Å².